The first kappa shape index (κ1) is 16.4. The molecule has 2 aromatic carbocycles. The van der Waals surface area contributed by atoms with Crippen LogP contribution in [0.15, 0.2) is 59.5 Å². The summed E-state index contributed by atoms with van der Waals surface area (Å²) in [7, 11) is 1.74. The van der Waals surface area contributed by atoms with Crippen LogP contribution in [0.5, 0.6) is 0 Å². The fourth-order valence-corrected chi connectivity index (χ4v) is 3.34. The van der Waals surface area contributed by atoms with Crippen LogP contribution in [0, 0.1) is 0 Å². The number of anilines is 1. The summed E-state index contributed by atoms with van der Waals surface area (Å²) in [5.41, 5.74) is 2.16. The van der Waals surface area contributed by atoms with E-state index in [2.05, 4.69) is 5.32 Å². The van der Waals surface area contributed by atoms with E-state index in [4.69, 9.17) is 12.2 Å². The van der Waals surface area contributed by atoms with E-state index in [-0.39, 0.29) is 11.8 Å². The topological polar surface area (TPSA) is 49.4 Å². The highest BCUT2D eigenvalue weighted by Gasteiger charge is 2.22. The van der Waals surface area contributed by atoms with Gasteiger partial charge in [0, 0.05) is 18.3 Å². The maximum atomic E-state index is 12.7. The molecule has 0 aromatic heterocycles. The van der Waals surface area contributed by atoms with Crippen molar-refractivity contribution in [2.45, 2.75) is 0 Å². The van der Waals surface area contributed by atoms with Crippen molar-refractivity contribution in [2.24, 2.45) is 0 Å². The van der Waals surface area contributed by atoms with Crippen molar-refractivity contribution in [2.75, 3.05) is 11.9 Å². The molecule has 0 aliphatic carbocycles. The van der Waals surface area contributed by atoms with E-state index in [1.165, 1.54) is 11.8 Å². The van der Waals surface area contributed by atoms with Gasteiger partial charge in [0.15, 0.2) is 0 Å². The van der Waals surface area contributed by atoms with Crippen molar-refractivity contribution >= 4 is 51.9 Å². The lowest BCUT2D eigenvalue weighted by atomic mass is 10.1. The number of amides is 2. The Balaban J connectivity index is 1.85. The molecule has 24 heavy (non-hydrogen) atoms. The number of thioether (sulfide) groups is 1. The van der Waals surface area contributed by atoms with Crippen LogP contribution in [-0.4, -0.2) is 23.2 Å². The summed E-state index contributed by atoms with van der Waals surface area (Å²) >= 11 is 6.20. The molecule has 6 heteroatoms. The number of para-hydroxylation sites is 1. The summed E-state index contributed by atoms with van der Waals surface area (Å²) in [5, 5.41) is 2.58. The van der Waals surface area contributed by atoms with Crippen molar-refractivity contribution in [3.63, 3.8) is 0 Å². The molecule has 1 heterocycles. The van der Waals surface area contributed by atoms with Gasteiger partial charge in [-0.05, 0) is 35.9 Å². The van der Waals surface area contributed by atoms with E-state index in [9.17, 15) is 9.59 Å². The molecule has 0 bridgehead atoms. The Morgan fingerprint density at radius 2 is 1.92 bits per heavy atom. The van der Waals surface area contributed by atoms with Gasteiger partial charge in [-0.25, -0.2) is 0 Å². The molecule has 1 fully saturated rings. The summed E-state index contributed by atoms with van der Waals surface area (Å²) < 4.78 is 0.447. The predicted octanol–water partition coefficient (Wildman–Crippen LogP) is 3.45. The van der Waals surface area contributed by atoms with Crippen molar-refractivity contribution in [3.05, 3.63) is 70.6 Å². The Labute approximate surface area is 149 Å². The smallest absolute Gasteiger partial charge is 0.263 e. The Morgan fingerprint density at radius 1 is 1.17 bits per heavy atom. The summed E-state index contributed by atoms with van der Waals surface area (Å²) in [5.74, 6) is -0.316. The second-order valence-corrected chi connectivity index (χ2v) is 6.90. The van der Waals surface area contributed by atoms with Crippen LogP contribution in [0.25, 0.3) is 6.08 Å². The molecule has 1 N–H and O–H groups in total. The maximum Gasteiger partial charge on any atom is 0.263 e. The van der Waals surface area contributed by atoms with Gasteiger partial charge in [0.05, 0.1) is 4.91 Å². The molecule has 3 rings (SSSR count). The zero-order chi connectivity index (χ0) is 17.1. The first-order valence-electron chi connectivity index (χ1n) is 7.22. The minimum absolute atomic E-state index is 0.111. The van der Waals surface area contributed by atoms with E-state index in [1.807, 2.05) is 36.4 Å². The van der Waals surface area contributed by atoms with Gasteiger partial charge >= 0.3 is 0 Å². The zero-order valence-electron chi connectivity index (χ0n) is 12.9. The van der Waals surface area contributed by atoms with Gasteiger partial charge < -0.3 is 10.2 Å². The molecule has 0 spiro atoms. The molecule has 120 valence electrons. The fraction of sp³-hybridized carbons (Fsp3) is 0.0556. The number of hydrogen-bond acceptors (Lipinski definition) is 4. The van der Waals surface area contributed by atoms with Gasteiger partial charge in [0.1, 0.15) is 4.32 Å². The Morgan fingerprint density at radius 3 is 2.58 bits per heavy atom. The van der Waals surface area contributed by atoms with Crippen LogP contribution >= 0.6 is 24.0 Å². The van der Waals surface area contributed by atoms with E-state index in [0.29, 0.717) is 14.8 Å². The summed E-state index contributed by atoms with van der Waals surface area (Å²) in [6.45, 7) is 0. The van der Waals surface area contributed by atoms with Crippen molar-refractivity contribution in [3.8, 4) is 0 Å². The fourth-order valence-electron chi connectivity index (χ4n) is 2.30. The van der Waals surface area contributed by atoms with Crippen molar-refractivity contribution in [1.29, 1.82) is 0 Å². The van der Waals surface area contributed by atoms with Crippen LogP contribution < -0.4 is 10.2 Å². The molecule has 2 amide bonds. The second-order valence-electron chi connectivity index (χ2n) is 5.18. The number of thiocarbonyl (C=S) groups is 1. The number of carbonyl (C=O) groups is 2. The third-order valence-corrected chi connectivity index (χ3v) is 4.68. The SMILES string of the molecule is CN(C(=O)c1cccc(C=C2SC(=S)NC2=O)c1)c1ccccc1. The largest absolute Gasteiger partial charge is 0.311 e. The van der Waals surface area contributed by atoms with Crippen LogP contribution in [0.2, 0.25) is 0 Å². The quantitative estimate of drug-likeness (QED) is 0.677. The first-order chi connectivity index (χ1) is 11.5. The van der Waals surface area contributed by atoms with Gasteiger partial charge in [-0.1, -0.05) is 54.3 Å². The molecule has 1 aliphatic rings. The molecular formula is C18H14N2O2S2. The number of rotatable bonds is 3. The molecule has 2 aromatic rings. The lowest BCUT2D eigenvalue weighted by Gasteiger charge is -2.17. The van der Waals surface area contributed by atoms with E-state index < -0.39 is 0 Å². The van der Waals surface area contributed by atoms with Crippen LogP contribution in [0.1, 0.15) is 15.9 Å². The highest BCUT2D eigenvalue weighted by Crippen LogP contribution is 2.26. The number of nitrogens with one attached hydrogen (secondary N) is 1. The molecule has 4 nitrogen and oxygen atoms in total. The summed E-state index contributed by atoms with van der Waals surface area (Å²) in [6.07, 6.45) is 1.73. The number of hydrogen-bond donors (Lipinski definition) is 1. The highest BCUT2D eigenvalue weighted by molar-refractivity contribution is 8.26. The van der Waals surface area contributed by atoms with Crippen molar-refractivity contribution < 1.29 is 9.59 Å². The van der Waals surface area contributed by atoms with E-state index >= 15 is 0 Å². The second kappa shape index (κ2) is 6.98. The van der Waals surface area contributed by atoms with Gasteiger partial charge in [0.25, 0.3) is 11.8 Å². The average molecular weight is 354 g/mol. The number of carbonyl (C=O) groups excluding carboxylic acids is 2. The molecule has 0 saturated carbocycles. The lowest BCUT2D eigenvalue weighted by Crippen LogP contribution is -2.26. The van der Waals surface area contributed by atoms with Crippen molar-refractivity contribution in [1.82, 2.24) is 5.32 Å². The minimum atomic E-state index is -0.205. The molecule has 1 aliphatic heterocycles. The van der Waals surface area contributed by atoms with E-state index in [0.717, 1.165) is 11.3 Å². The lowest BCUT2D eigenvalue weighted by molar-refractivity contribution is -0.115. The molecular weight excluding hydrogens is 340 g/mol. The standard InChI is InChI=1S/C18H14N2O2S2/c1-20(14-8-3-2-4-9-14)17(22)13-7-5-6-12(10-13)11-15-16(21)19-18(23)24-15/h2-11H,1H3,(H,19,21,23). The molecule has 1 saturated heterocycles. The zero-order valence-corrected chi connectivity index (χ0v) is 14.5. The first-order valence-corrected chi connectivity index (χ1v) is 8.45. The summed E-state index contributed by atoms with van der Waals surface area (Å²) in [4.78, 5) is 26.5. The van der Waals surface area contributed by atoms with Gasteiger partial charge in [0.2, 0.25) is 0 Å². The number of nitrogens with zero attached hydrogens (tertiary/aromatic N) is 1. The van der Waals surface area contributed by atoms with Gasteiger partial charge in [-0.2, -0.15) is 0 Å². The van der Waals surface area contributed by atoms with Crippen LogP contribution in [0.4, 0.5) is 5.69 Å². The van der Waals surface area contributed by atoms with Crippen LogP contribution in [-0.2, 0) is 4.79 Å². The Kier molecular flexibility index (Phi) is 4.78. The Hall–Kier alpha value is -2.44. The normalized spacial score (nSPS) is 15.5. The highest BCUT2D eigenvalue weighted by atomic mass is 32.2. The van der Waals surface area contributed by atoms with E-state index in [1.54, 1.807) is 36.2 Å². The molecule has 0 atom stereocenters. The Bertz CT molecular complexity index is 847. The maximum absolute atomic E-state index is 12.7. The molecule has 0 radical (unpaired) electrons. The average Bonchev–Trinajstić information content (AvgIpc) is 2.92. The van der Waals surface area contributed by atoms with Gasteiger partial charge in [-0.15, -0.1) is 0 Å². The summed E-state index contributed by atoms with van der Waals surface area (Å²) in [6, 6.07) is 16.6. The number of benzene rings is 2. The molecule has 0 unspecified atom stereocenters. The third-order valence-electron chi connectivity index (χ3n) is 3.52. The predicted molar refractivity (Wildman–Crippen MR) is 102 cm³/mol. The third kappa shape index (κ3) is 3.55. The monoisotopic (exact) mass is 354 g/mol. The van der Waals surface area contributed by atoms with Gasteiger partial charge in [-0.3, -0.25) is 9.59 Å². The minimum Gasteiger partial charge on any atom is -0.311 e. The van der Waals surface area contributed by atoms with Crippen LogP contribution in [0.3, 0.4) is 0 Å².